The maximum atomic E-state index is 11.6. The third-order valence-corrected chi connectivity index (χ3v) is 4.56. The van der Waals surface area contributed by atoms with Crippen molar-refractivity contribution in [1.29, 1.82) is 0 Å². The summed E-state index contributed by atoms with van der Waals surface area (Å²) in [7, 11) is 0. The van der Waals surface area contributed by atoms with Crippen LogP contribution in [-0.4, -0.2) is 49.5 Å². The number of aliphatic imine (C=N–C) groups is 1. The number of nitrogens with one attached hydrogen (secondary N) is 2. The van der Waals surface area contributed by atoms with E-state index in [9.17, 15) is 4.79 Å². The molecule has 0 bridgehead atoms. The SMILES string of the molecule is CCNC(=NCCCN1CCCC1=O)NCCc1ccc(C)cc1C. The van der Waals surface area contributed by atoms with E-state index in [4.69, 9.17) is 0 Å². The van der Waals surface area contributed by atoms with E-state index < -0.39 is 0 Å². The van der Waals surface area contributed by atoms with E-state index in [2.05, 4.69) is 54.6 Å². The number of guanidine groups is 1. The van der Waals surface area contributed by atoms with Gasteiger partial charge in [0.05, 0.1) is 0 Å². The molecule has 0 saturated carbocycles. The zero-order valence-electron chi connectivity index (χ0n) is 15.9. The minimum Gasteiger partial charge on any atom is -0.357 e. The first-order chi connectivity index (χ1) is 12.1. The van der Waals surface area contributed by atoms with Crippen LogP contribution in [0.25, 0.3) is 0 Å². The number of rotatable bonds is 8. The number of aryl methyl sites for hydroxylation is 2. The Bertz CT molecular complexity index is 597. The summed E-state index contributed by atoms with van der Waals surface area (Å²) in [5, 5.41) is 6.69. The summed E-state index contributed by atoms with van der Waals surface area (Å²) in [6.45, 7) is 10.6. The molecule has 1 aliphatic heterocycles. The Hall–Kier alpha value is -2.04. The fourth-order valence-electron chi connectivity index (χ4n) is 3.18. The van der Waals surface area contributed by atoms with Crippen molar-refractivity contribution in [2.75, 3.05) is 32.7 Å². The lowest BCUT2D eigenvalue weighted by molar-refractivity contribution is -0.127. The maximum Gasteiger partial charge on any atom is 0.222 e. The Balaban J connectivity index is 1.74. The molecule has 2 N–H and O–H groups in total. The summed E-state index contributed by atoms with van der Waals surface area (Å²) in [6.07, 6.45) is 3.62. The predicted molar refractivity (Wildman–Crippen MR) is 104 cm³/mol. The number of hydrogen-bond donors (Lipinski definition) is 2. The molecular weight excluding hydrogens is 312 g/mol. The van der Waals surface area contributed by atoms with Gasteiger partial charge < -0.3 is 15.5 Å². The number of likely N-dealkylation sites (tertiary alicyclic amines) is 1. The number of carbonyl (C=O) groups excluding carboxylic acids is 1. The van der Waals surface area contributed by atoms with Crippen LogP contribution in [0.15, 0.2) is 23.2 Å². The zero-order chi connectivity index (χ0) is 18.1. The molecule has 1 fully saturated rings. The summed E-state index contributed by atoms with van der Waals surface area (Å²) in [4.78, 5) is 18.2. The topological polar surface area (TPSA) is 56.7 Å². The largest absolute Gasteiger partial charge is 0.357 e. The van der Waals surface area contributed by atoms with Crippen LogP contribution < -0.4 is 10.6 Å². The van der Waals surface area contributed by atoms with E-state index >= 15 is 0 Å². The molecule has 0 atom stereocenters. The molecule has 0 aromatic heterocycles. The molecule has 0 radical (unpaired) electrons. The molecule has 1 aromatic rings. The van der Waals surface area contributed by atoms with Gasteiger partial charge in [0.15, 0.2) is 5.96 Å². The molecule has 0 spiro atoms. The normalized spacial score (nSPS) is 14.9. The number of benzene rings is 1. The van der Waals surface area contributed by atoms with Crippen LogP contribution in [0.1, 0.15) is 42.9 Å². The predicted octanol–water partition coefficient (Wildman–Crippen LogP) is 2.41. The van der Waals surface area contributed by atoms with Crippen molar-refractivity contribution in [3.63, 3.8) is 0 Å². The van der Waals surface area contributed by atoms with Crippen LogP contribution in [0.3, 0.4) is 0 Å². The van der Waals surface area contributed by atoms with Gasteiger partial charge in [0, 0.05) is 39.1 Å². The molecule has 0 aliphatic carbocycles. The smallest absolute Gasteiger partial charge is 0.222 e. The van der Waals surface area contributed by atoms with E-state index in [1.165, 1.54) is 16.7 Å². The Kier molecular flexibility index (Phi) is 7.76. The molecule has 5 heteroatoms. The first-order valence-corrected chi connectivity index (χ1v) is 9.46. The number of hydrogen-bond acceptors (Lipinski definition) is 2. The number of carbonyl (C=O) groups is 1. The highest BCUT2D eigenvalue weighted by molar-refractivity contribution is 5.79. The third-order valence-electron chi connectivity index (χ3n) is 4.56. The minimum absolute atomic E-state index is 0.294. The van der Waals surface area contributed by atoms with Crippen molar-refractivity contribution in [3.8, 4) is 0 Å². The van der Waals surface area contributed by atoms with Gasteiger partial charge >= 0.3 is 0 Å². The molecular formula is C20H32N4O. The fourth-order valence-corrected chi connectivity index (χ4v) is 3.18. The van der Waals surface area contributed by atoms with E-state index in [0.717, 1.165) is 57.9 Å². The van der Waals surface area contributed by atoms with Gasteiger partial charge in [0.25, 0.3) is 0 Å². The molecule has 1 amide bonds. The van der Waals surface area contributed by atoms with Gasteiger partial charge in [-0.05, 0) is 51.2 Å². The fraction of sp³-hybridized carbons (Fsp3) is 0.600. The van der Waals surface area contributed by atoms with Crippen LogP contribution in [0.4, 0.5) is 0 Å². The van der Waals surface area contributed by atoms with Crippen molar-refractivity contribution < 1.29 is 4.79 Å². The van der Waals surface area contributed by atoms with Crippen molar-refractivity contribution in [2.45, 2.75) is 46.5 Å². The van der Waals surface area contributed by atoms with E-state index in [1.54, 1.807) is 0 Å². The Labute approximate surface area is 151 Å². The van der Waals surface area contributed by atoms with Crippen LogP contribution >= 0.6 is 0 Å². The molecule has 1 aromatic carbocycles. The highest BCUT2D eigenvalue weighted by Gasteiger charge is 2.18. The van der Waals surface area contributed by atoms with Gasteiger partial charge in [-0.3, -0.25) is 9.79 Å². The molecule has 1 heterocycles. The van der Waals surface area contributed by atoms with Crippen LogP contribution in [0.2, 0.25) is 0 Å². The van der Waals surface area contributed by atoms with Crippen molar-refractivity contribution in [2.24, 2.45) is 4.99 Å². The minimum atomic E-state index is 0.294. The quantitative estimate of drug-likeness (QED) is 0.433. The summed E-state index contributed by atoms with van der Waals surface area (Å²) < 4.78 is 0. The summed E-state index contributed by atoms with van der Waals surface area (Å²) >= 11 is 0. The average Bonchev–Trinajstić information content (AvgIpc) is 2.98. The summed E-state index contributed by atoms with van der Waals surface area (Å²) in [5.74, 6) is 1.16. The second-order valence-corrected chi connectivity index (χ2v) is 6.71. The molecule has 138 valence electrons. The highest BCUT2D eigenvalue weighted by Crippen LogP contribution is 2.11. The van der Waals surface area contributed by atoms with Crippen molar-refractivity contribution >= 4 is 11.9 Å². The second kappa shape index (κ2) is 10.1. The average molecular weight is 345 g/mol. The van der Waals surface area contributed by atoms with Crippen LogP contribution in [0.5, 0.6) is 0 Å². The number of amides is 1. The van der Waals surface area contributed by atoms with Crippen molar-refractivity contribution in [3.05, 3.63) is 34.9 Å². The first kappa shape index (κ1) is 19.3. The molecule has 1 saturated heterocycles. The van der Waals surface area contributed by atoms with Crippen LogP contribution in [-0.2, 0) is 11.2 Å². The molecule has 0 unspecified atom stereocenters. The zero-order valence-corrected chi connectivity index (χ0v) is 15.9. The van der Waals surface area contributed by atoms with Gasteiger partial charge in [-0.2, -0.15) is 0 Å². The monoisotopic (exact) mass is 344 g/mol. The lowest BCUT2D eigenvalue weighted by atomic mass is 10.0. The van der Waals surface area contributed by atoms with Crippen molar-refractivity contribution in [1.82, 2.24) is 15.5 Å². The third kappa shape index (κ3) is 6.40. The maximum absolute atomic E-state index is 11.6. The lowest BCUT2D eigenvalue weighted by Crippen LogP contribution is -2.38. The Morgan fingerprint density at radius 3 is 2.80 bits per heavy atom. The van der Waals surface area contributed by atoms with E-state index in [-0.39, 0.29) is 0 Å². The molecule has 1 aliphatic rings. The number of nitrogens with zero attached hydrogens (tertiary/aromatic N) is 2. The second-order valence-electron chi connectivity index (χ2n) is 6.71. The van der Waals surface area contributed by atoms with E-state index in [0.29, 0.717) is 12.3 Å². The summed E-state index contributed by atoms with van der Waals surface area (Å²) in [6, 6.07) is 6.61. The molecule has 2 rings (SSSR count). The van der Waals surface area contributed by atoms with Gasteiger partial charge in [-0.15, -0.1) is 0 Å². The Morgan fingerprint density at radius 2 is 2.12 bits per heavy atom. The Morgan fingerprint density at radius 1 is 1.28 bits per heavy atom. The highest BCUT2D eigenvalue weighted by atomic mass is 16.2. The van der Waals surface area contributed by atoms with Crippen LogP contribution in [0, 0.1) is 13.8 Å². The van der Waals surface area contributed by atoms with Gasteiger partial charge in [0.2, 0.25) is 5.91 Å². The standard InChI is InChI=1S/C20H32N4O/c1-4-21-20(22-11-6-14-24-13-5-7-19(24)25)23-12-10-18-9-8-16(2)15-17(18)3/h8-9,15H,4-7,10-14H2,1-3H3,(H2,21,22,23). The van der Waals surface area contributed by atoms with E-state index in [1.807, 2.05) is 4.90 Å². The lowest BCUT2D eigenvalue weighted by Gasteiger charge is -2.15. The summed E-state index contributed by atoms with van der Waals surface area (Å²) in [5.41, 5.74) is 4.03. The molecule has 25 heavy (non-hydrogen) atoms. The molecule has 5 nitrogen and oxygen atoms in total. The van der Waals surface area contributed by atoms with Gasteiger partial charge in [0.1, 0.15) is 0 Å². The first-order valence-electron chi connectivity index (χ1n) is 9.46. The van der Waals surface area contributed by atoms with Gasteiger partial charge in [-0.25, -0.2) is 0 Å². The van der Waals surface area contributed by atoms with Gasteiger partial charge in [-0.1, -0.05) is 23.8 Å².